The van der Waals surface area contributed by atoms with Gasteiger partial charge < -0.3 is 20.3 Å². The van der Waals surface area contributed by atoms with Crippen molar-refractivity contribution in [3.05, 3.63) is 96.1 Å². The first-order chi connectivity index (χ1) is 20.4. The largest absolute Gasteiger partial charge is 0.492 e. The van der Waals surface area contributed by atoms with Crippen molar-refractivity contribution in [3.63, 3.8) is 0 Å². The van der Waals surface area contributed by atoms with Crippen LogP contribution in [0.5, 0.6) is 5.75 Å². The lowest BCUT2D eigenvalue weighted by Gasteiger charge is -2.26. The molecule has 4 aromatic rings. The predicted molar refractivity (Wildman–Crippen MR) is 156 cm³/mol. The Morgan fingerprint density at radius 2 is 1.74 bits per heavy atom. The molecule has 0 spiro atoms. The molecule has 0 radical (unpaired) electrons. The molecule has 0 saturated heterocycles. The number of nitrogens with zero attached hydrogens (tertiary/aromatic N) is 5. The zero-order chi connectivity index (χ0) is 29.5. The van der Waals surface area contributed by atoms with Crippen LogP contribution in [0.25, 0.3) is 11.4 Å². The zero-order valence-electron chi connectivity index (χ0n) is 23.6. The number of nitrogens with one attached hydrogen (secondary N) is 2. The highest BCUT2D eigenvalue weighted by atomic mass is 16.5. The maximum atomic E-state index is 13.5. The van der Waals surface area contributed by atoms with Gasteiger partial charge in [0, 0.05) is 42.2 Å². The van der Waals surface area contributed by atoms with Crippen molar-refractivity contribution in [1.82, 2.24) is 35.3 Å². The molecule has 3 heterocycles. The molecule has 0 aliphatic carbocycles. The molecule has 5 rings (SSSR count). The molecule has 0 fully saturated rings. The van der Waals surface area contributed by atoms with Gasteiger partial charge in [0.15, 0.2) is 11.6 Å². The van der Waals surface area contributed by atoms with Gasteiger partial charge in [-0.2, -0.15) is 5.10 Å². The molecule has 1 aliphatic rings. The standard InChI is InChI=1S/C31H33N7O4/c1-21(2)27-29-35-28(22-7-4-3-5-8-22)36-38(29)17-18-42-25-10-6-9-24(19-25)30(40)33-15-16-37(20-26(39)34-27)31(41)23-11-13-32-14-12-23/h3-14,19,21,27H,15-18,20H2,1-2H3,(H,33,40)(H,34,39)/t27-/m0/s1. The first kappa shape index (κ1) is 28.5. The van der Waals surface area contributed by atoms with E-state index in [-0.39, 0.29) is 49.9 Å². The van der Waals surface area contributed by atoms with Gasteiger partial charge in [0.05, 0.1) is 19.1 Å². The Morgan fingerprint density at radius 1 is 0.976 bits per heavy atom. The first-order valence-corrected chi connectivity index (χ1v) is 13.9. The third-order valence-electron chi connectivity index (χ3n) is 6.88. The van der Waals surface area contributed by atoms with Gasteiger partial charge in [0.2, 0.25) is 5.91 Å². The van der Waals surface area contributed by atoms with Gasteiger partial charge >= 0.3 is 0 Å². The second kappa shape index (κ2) is 13.1. The summed E-state index contributed by atoms with van der Waals surface area (Å²) in [7, 11) is 0. The number of carbonyl (C=O) groups is 3. The Balaban J connectivity index is 1.50. The van der Waals surface area contributed by atoms with Crippen molar-refractivity contribution >= 4 is 17.7 Å². The highest BCUT2D eigenvalue weighted by Crippen LogP contribution is 2.24. The molecule has 11 heteroatoms. The SMILES string of the molecule is CC(C)[C@@H]1NC(=O)CN(C(=O)c2ccncc2)CCNC(=O)c2cccc(c2)OCCn2nc(-c3ccccc3)nc21. The van der Waals surface area contributed by atoms with Crippen LogP contribution in [0.3, 0.4) is 0 Å². The summed E-state index contributed by atoms with van der Waals surface area (Å²) in [4.78, 5) is 50.0. The van der Waals surface area contributed by atoms with E-state index in [4.69, 9.17) is 14.8 Å². The lowest BCUT2D eigenvalue weighted by atomic mass is 10.0. The summed E-state index contributed by atoms with van der Waals surface area (Å²) in [6, 6.07) is 19.2. The van der Waals surface area contributed by atoms with Crippen molar-refractivity contribution in [2.75, 3.05) is 26.2 Å². The summed E-state index contributed by atoms with van der Waals surface area (Å²) < 4.78 is 7.74. The molecule has 1 aliphatic heterocycles. The van der Waals surface area contributed by atoms with Crippen LogP contribution in [0.1, 0.15) is 46.4 Å². The Hall–Kier alpha value is -5.06. The lowest BCUT2D eigenvalue weighted by Crippen LogP contribution is -2.46. The van der Waals surface area contributed by atoms with E-state index in [0.717, 1.165) is 5.56 Å². The molecule has 2 aromatic heterocycles. The number of pyridine rings is 1. The number of rotatable bonds is 3. The number of aromatic nitrogens is 4. The maximum Gasteiger partial charge on any atom is 0.254 e. The molecular formula is C31H33N7O4. The van der Waals surface area contributed by atoms with Gasteiger partial charge in [0.25, 0.3) is 11.8 Å². The number of carbonyl (C=O) groups excluding carboxylic acids is 3. The van der Waals surface area contributed by atoms with Crippen LogP contribution >= 0.6 is 0 Å². The molecule has 42 heavy (non-hydrogen) atoms. The minimum Gasteiger partial charge on any atom is -0.492 e. The highest BCUT2D eigenvalue weighted by Gasteiger charge is 2.28. The fourth-order valence-corrected chi connectivity index (χ4v) is 4.69. The van der Waals surface area contributed by atoms with Crippen LogP contribution in [0, 0.1) is 5.92 Å². The van der Waals surface area contributed by atoms with Crippen LogP contribution in [-0.4, -0.2) is 68.6 Å². The summed E-state index contributed by atoms with van der Waals surface area (Å²) in [6.07, 6.45) is 3.05. The normalized spacial score (nSPS) is 16.5. The second-order valence-electron chi connectivity index (χ2n) is 10.3. The smallest absolute Gasteiger partial charge is 0.254 e. The molecule has 11 nitrogen and oxygen atoms in total. The monoisotopic (exact) mass is 567 g/mol. The molecular weight excluding hydrogens is 534 g/mol. The van der Waals surface area contributed by atoms with Crippen molar-refractivity contribution in [2.45, 2.75) is 26.4 Å². The van der Waals surface area contributed by atoms with E-state index in [1.165, 1.54) is 17.3 Å². The number of benzene rings is 2. The predicted octanol–water partition coefficient (Wildman–Crippen LogP) is 3.12. The average Bonchev–Trinajstić information content (AvgIpc) is 3.43. The van der Waals surface area contributed by atoms with Crippen LogP contribution < -0.4 is 15.4 Å². The number of ether oxygens (including phenoxy) is 1. The summed E-state index contributed by atoms with van der Waals surface area (Å²) >= 11 is 0. The minimum atomic E-state index is -0.487. The Morgan fingerprint density at radius 3 is 2.50 bits per heavy atom. The van der Waals surface area contributed by atoms with Crippen LogP contribution in [0.15, 0.2) is 79.1 Å². The summed E-state index contributed by atoms with van der Waals surface area (Å²) in [5.41, 5.74) is 1.67. The van der Waals surface area contributed by atoms with Crippen molar-refractivity contribution < 1.29 is 19.1 Å². The third kappa shape index (κ3) is 6.80. The Labute approximate surface area is 243 Å². The van der Waals surface area contributed by atoms with Gasteiger partial charge in [-0.25, -0.2) is 9.67 Å². The summed E-state index contributed by atoms with van der Waals surface area (Å²) in [5.74, 6) is 0.618. The van der Waals surface area contributed by atoms with E-state index < -0.39 is 6.04 Å². The Kier molecular flexibility index (Phi) is 8.86. The van der Waals surface area contributed by atoms with E-state index in [1.807, 2.05) is 44.2 Å². The molecule has 1 atom stereocenters. The van der Waals surface area contributed by atoms with Gasteiger partial charge in [0.1, 0.15) is 12.4 Å². The fraction of sp³-hybridized carbons (Fsp3) is 0.290. The molecule has 216 valence electrons. The topological polar surface area (TPSA) is 131 Å². The number of amides is 3. The molecule has 0 saturated carbocycles. The van der Waals surface area contributed by atoms with Gasteiger partial charge in [-0.15, -0.1) is 0 Å². The number of hydrogen-bond donors (Lipinski definition) is 2. The summed E-state index contributed by atoms with van der Waals surface area (Å²) in [5, 5.41) is 10.7. The van der Waals surface area contributed by atoms with E-state index >= 15 is 0 Å². The van der Waals surface area contributed by atoms with E-state index in [2.05, 4.69) is 15.6 Å². The van der Waals surface area contributed by atoms with Crippen LogP contribution in [0.2, 0.25) is 0 Å². The second-order valence-corrected chi connectivity index (χ2v) is 10.3. The van der Waals surface area contributed by atoms with Crippen molar-refractivity contribution in [1.29, 1.82) is 0 Å². The Bertz CT molecular complexity index is 1540. The summed E-state index contributed by atoms with van der Waals surface area (Å²) in [6.45, 7) is 4.67. The molecule has 0 unspecified atom stereocenters. The van der Waals surface area contributed by atoms with Gasteiger partial charge in [-0.3, -0.25) is 19.4 Å². The molecule has 2 bridgehead atoms. The molecule has 2 aromatic carbocycles. The molecule has 2 N–H and O–H groups in total. The zero-order valence-corrected chi connectivity index (χ0v) is 23.6. The third-order valence-corrected chi connectivity index (χ3v) is 6.88. The van der Waals surface area contributed by atoms with E-state index in [0.29, 0.717) is 35.1 Å². The molecule has 3 amide bonds. The highest BCUT2D eigenvalue weighted by molar-refractivity contribution is 5.97. The van der Waals surface area contributed by atoms with E-state index in [9.17, 15) is 14.4 Å². The van der Waals surface area contributed by atoms with Gasteiger partial charge in [-0.1, -0.05) is 50.2 Å². The van der Waals surface area contributed by atoms with Crippen LogP contribution in [-0.2, 0) is 11.3 Å². The maximum absolute atomic E-state index is 13.5. The van der Waals surface area contributed by atoms with Crippen molar-refractivity contribution in [2.24, 2.45) is 5.92 Å². The first-order valence-electron chi connectivity index (χ1n) is 13.9. The fourth-order valence-electron chi connectivity index (χ4n) is 4.69. The number of hydrogen-bond acceptors (Lipinski definition) is 7. The van der Waals surface area contributed by atoms with Gasteiger partial charge in [-0.05, 0) is 36.2 Å². The number of fused-ring (bicyclic) bond motifs is 3. The average molecular weight is 568 g/mol. The minimum absolute atomic E-state index is 0.0381. The van der Waals surface area contributed by atoms with Crippen LogP contribution in [0.4, 0.5) is 0 Å². The van der Waals surface area contributed by atoms with E-state index in [1.54, 1.807) is 41.1 Å². The quantitative estimate of drug-likeness (QED) is 0.389. The lowest BCUT2D eigenvalue weighted by molar-refractivity contribution is -0.123. The van der Waals surface area contributed by atoms with Crippen molar-refractivity contribution in [3.8, 4) is 17.1 Å².